The van der Waals surface area contributed by atoms with E-state index in [2.05, 4.69) is 13.8 Å². The van der Waals surface area contributed by atoms with E-state index < -0.39 is 9.04 Å². The summed E-state index contributed by atoms with van der Waals surface area (Å²) in [6.45, 7) is 4.18. The lowest BCUT2D eigenvalue weighted by Crippen LogP contribution is -2.52. The minimum Gasteiger partial charge on any atom is -0.464 e. The largest absolute Gasteiger partial charge is 0.464 e. The maximum absolute atomic E-state index is 5.88. The molecule has 0 saturated carbocycles. The molecule has 5 heteroatoms. The minimum atomic E-state index is -1.28. The summed E-state index contributed by atoms with van der Waals surface area (Å²) in [5.74, 6) is 0. The second kappa shape index (κ2) is 5.90. The summed E-state index contributed by atoms with van der Waals surface area (Å²) in [7, 11) is -0.505. The predicted molar refractivity (Wildman–Crippen MR) is 54.7 cm³/mol. The first kappa shape index (κ1) is 11.3. The number of hydrogen-bond donors (Lipinski definition) is 2. The van der Waals surface area contributed by atoms with Crippen LogP contribution in [-0.4, -0.2) is 30.9 Å². The van der Waals surface area contributed by atoms with Crippen LogP contribution < -0.4 is 11.5 Å². The lowest BCUT2D eigenvalue weighted by molar-refractivity contribution is 0.555. The molecule has 0 aromatic heterocycles. The first-order valence-electron chi connectivity index (χ1n) is 4.21. The second-order valence-electron chi connectivity index (χ2n) is 2.84. The molecule has 0 saturated heterocycles. The van der Waals surface area contributed by atoms with Gasteiger partial charge in [0, 0.05) is 11.3 Å². The zero-order valence-corrected chi connectivity index (χ0v) is 10.9. The molecule has 0 aliphatic rings. The Balaban J connectivity index is 3.92. The molecule has 11 heavy (non-hydrogen) atoms. The summed E-state index contributed by atoms with van der Waals surface area (Å²) in [6, 6.07) is 0. The lowest BCUT2D eigenvalue weighted by Gasteiger charge is -2.24. The van der Waals surface area contributed by atoms with E-state index in [-0.39, 0.29) is 11.3 Å². The van der Waals surface area contributed by atoms with Crippen LogP contribution >= 0.6 is 0 Å². The van der Waals surface area contributed by atoms with Gasteiger partial charge in [-0.15, -0.1) is 0 Å². The fraction of sp³-hybridized carbons (Fsp3) is 1.00. The van der Waals surface area contributed by atoms with Crippen molar-refractivity contribution < 1.29 is 4.12 Å². The summed E-state index contributed by atoms with van der Waals surface area (Å²) in [5.41, 5.74) is 12.2. The van der Waals surface area contributed by atoms with Gasteiger partial charge in [-0.3, -0.25) is 0 Å². The van der Waals surface area contributed by atoms with Crippen LogP contribution in [0.15, 0.2) is 0 Å². The van der Waals surface area contributed by atoms with Crippen molar-refractivity contribution in [2.24, 2.45) is 11.5 Å². The second-order valence-corrected chi connectivity index (χ2v) is 7.37. The maximum atomic E-state index is 5.88. The van der Waals surface area contributed by atoms with Crippen LogP contribution in [0.5, 0.6) is 0 Å². The molecule has 0 aliphatic heterocycles. The SMILES string of the molecule is CCC(N)[SiH](O[SiH3])C(N)CC. The third kappa shape index (κ3) is 3.48. The van der Waals surface area contributed by atoms with Crippen LogP contribution in [0, 0.1) is 0 Å². The summed E-state index contributed by atoms with van der Waals surface area (Å²) < 4.78 is 5.48. The normalized spacial score (nSPS) is 19.6. The van der Waals surface area contributed by atoms with Crippen molar-refractivity contribution in [3.05, 3.63) is 0 Å². The van der Waals surface area contributed by atoms with Gasteiger partial charge in [-0.25, -0.2) is 0 Å². The third-order valence-corrected chi connectivity index (χ3v) is 6.87. The molecule has 2 atom stereocenters. The van der Waals surface area contributed by atoms with Gasteiger partial charge < -0.3 is 15.6 Å². The minimum absolute atomic E-state index is 0.238. The molecular formula is C6H20N2OSi2. The zero-order chi connectivity index (χ0) is 8.85. The molecule has 0 spiro atoms. The third-order valence-electron chi connectivity index (χ3n) is 2.06. The van der Waals surface area contributed by atoms with Crippen molar-refractivity contribution in [1.29, 1.82) is 0 Å². The van der Waals surface area contributed by atoms with Crippen LogP contribution in [0.25, 0.3) is 0 Å². The van der Waals surface area contributed by atoms with Crippen LogP contribution in [0.2, 0.25) is 0 Å². The molecule has 0 aromatic carbocycles. The molecule has 68 valence electrons. The van der Waals surface area contributed by atoms with Gasteiger partial charge in [0.1, 0.15) is 10.5 Å². The van der Waals surface area contributed by atoms with Gasteiger partial charge in [-0.05, 0) is 12.8 Å². The Bertz CT molecular complexity index is 94.6. The molecule has 0 fully saturated rings. The highest BCUT2D eigenvalue weighted by atomic mass is 28.3. The van der Waals surface area contributed by atoms with E-state index in [4.69, 9.17) is 15.6 Å². The Labute approximate surface area is 73.8 Å². The number of nitrogens with two attached hydrogens (primary N) is 2. The average molecular weight is 192 g/mol. The smallest absolute Gasteiger partial charge is 0.196 e. The van der Waals surface area contributed by atoms with E-state index >= 15 is 0 Å². The molecule has 3 nitrogen and oxygen atoms in total. The fourth-order valence-electron chi connectivity index (χ4n) is 1.13. The van der Waals surface area contributed by atoms with E-state index in [9.17, 15) is 0 Å². The van der Waals surface area contributed by atoms with E-state index in [0.717, 1.165) is 23.3 Å². The highest BCUT2D eigenvalue weighted by Gasteiger charge is 2.23. The van der Waals surface area contributed by atoms with Crippen LogP contribution in [0.1, 0.15) is 26.7 Å². The van der Waals surface area contributed by atoms with Crippen molar-refractivity contribution in [2.75, 3.05) is 0 Å². The van der Waals surface area contributed by atoms with E-state index in [1.807, 2.05) is 0 Å². The quantitative estimate of drug-likeness (QED) is 0.525. The van der Waals surface area contributed by atoms with Crippen LogP contribution in [0.4, 0.5) is 0 Å². The molecule has 0 bridgehead atoms. The zero-order valence-electron chi connectivity index (χ0n) is 7.71. The van der Waals surface area contributed by atoms with Crippen LogP contribution in [-0.2, 0) is 4.12 Å². The van der Waals surface area contributed by atoms with Gasteiger partial charge in [0.2, 0.25) is 0 Å². The van der Waals surface area contributed by atoms with Crippen molar-refractivity contribution >= 4 is 19.5 Å². The molecule has 0 aromatic rings. The first-order chi connectivity index (χ1) is 5.17. The molecular weight excluding hydrogens is 172 g/mol. The van der Waals surface area contributed by atoms with E-state index in [1.165, 1.54) is 0 Å². The van der Waals surface area contributed by atoms with Crippen molar-refractivity contribution in [3.63, 3.8) is 0 Å². The number of rotatable bonds is 5. The van der Waals surface area contributed by atoms with Gasteiger partial charge in [-0.1, -0.05) is 13.8 Å². The molecule has 4 N–H and O–H groups in total. The maximum Gasteiger partial charge on any atom is 0.196 e. The predicted octanol–water partition coefficient (Wildman–Crippen LogP) is -1.44. The Hall–Kier alpha value is 0.314. The van der Waals surface area contributed by atoms with Crippen molar-refractivity contribution in [2.45, 2.75) is 38.0 Å². The summed E-state index contributed by atoms with van der Waals surface area (Å²) >= 11 is 0. The molecule has 0 radical (unpaired) electrons. The summed E-state index contributed by atoms with van der Waals surface area (Å²) in [5, 5.41) is 0. The topological polar surface area (TPSA) is 61.3 Å². The van der Waals surface area contributed by atoms with Crippen molar-refractivity contribution in [1.82, 2.24) is 0 Å². The van der Waals surface area contributed by atoms with Gasteiger partial charge in [0.25, 0.3) is 0 Å². The Kier molecular flexibility index (Phi) is 6.07. The Morgan fingerprint density at radius 1 is 1.27 bits per heavy atom. The number of hydrogen-bond acceptors (Lipinski definition) is 3. The van der Waals surface area contributed by atoms with Gasteiger partial charge >= 0.3 is 0 Å². The van der Waals surface area contributed by atoms with Crippen molar-refractivity contribution in [3.8, 4) is 0 Å². The molecule has 2 unspecified atom stereocenters. The highest BCUT2D eigenvalue weighted by Crippen LogP contribution is 2.01. The fourth-order valence-corrected chi connectivity index (χ4v) is 5.49. The molecule has 0 aliphatic carbocycles. The molecule has 0 amide bonds. The Morgan fingerprint density at radius 3 is 1.82 bits per heavy atom. The van der Waals surface area contributed by atoms with E-state index in [0.29, 0.717) is 0 Å². The van der Waals surface area contributed by atoms with E-state index in [1.54, 1.807) is 0 Å². The average Bonchev–Trinajstić information content (AvgIpc) is 2.05. The monoisotopic (exact) mass is 192 g/mol. The summed E-state index contributed by atoms with van der Waals surface area (Å²) in [4.78, 5) is 0. The first-order valence-corrected chi connectivity index (χ1v) is 6.83. The Morgan fingerprint density at radius 2 is 1.64 bits per heavy atom. The summed E-state index contributed by atoms with van der Waals surface area (Å²) in [6.07, 6.45) is 1.99. The lowest BCUT2D eigenvalue weighted by atomic mass is 10.5. The molecule has 0 rings (SSSR count). The highest BCUT2D eigenvalue weighted by molar-refractivity contribution is 6.58. The van der Waals surface area contributed by atoms with Gasteiger partial charge in [0.15, 0.2) is 9.04 Å². The standard InChI is InChI=1S/C6H20N2OSi2/c1-3-5(7)11(9-10)6(8)4-2/h5-6,11H,3-4,7-8H2,1-2,10H3. The molecule has 0 heterocycles. The van der Waals surface area contributed by atoms with Gasteiger partial charge in [-0.2, -0.15) is 0 Å². The van der Waals surface area contributed by atoms with Gasteiger partial charge in [0.05, 0.1) is 0 Å². The van der Waals surface area contributed by atoms with Crippen LogP contribution in [0.3, 0.4) is 0 Å².